The molecule has 4 heteroatoms. The van der Waals surface area contributed by atoms with E-state index in [0.717, 1.165) is 11.2 Å². The third-order valence-corrected chi connectivity index (χ3v) is 7.44. The quantitative estimate of drug-likeness (QED) is 0.287. The van der Waals surface area contributed by atoms with Crippen LogP contribution in [0, 0.1) is 0 Å². The van der Waals surface area contributed by atoms with Crippen LogP contribution < -0.4 is 5.46 Å². The van der Waals surface area contributed by atoms with Gasteiger partial charge in [0.05, 0.1) is 22.2 Å². The Hall–Kier alpha value is -3.34. The molecule has 5 aromatic rings. The molecule has 6 rings (SSSR count). The number of rotatable bonds is 3. The standard InChI is InChI=1S/C30H28BNO2/c1-29(2)30(3,4)34-31(33-29)23-16-18-28-26(20-23)25-19-22(21-11-7-5-8-12-21)15-17-27(25)32(28)24-13-9-6-10-14-24/h5-20H,1-4H3. The van der Waals surface area contributed by atoms with Gasteiger partial charge in [-0.05, 0) is 74.6 Å². The van der Waals surface area contributed by atoms with E-state index in [1.807, 2.05) is 0 Å². The van der Waals surface area contributed by atoms with Gasteiger partial charge < -0.3 is 13.9 Å². The molecular formula is C30H28BNO2. The van der Waals surface area contributed by atoms with Crippen LogP contribution in [0.4, 0.5) is 0 Å². The Kier molecular flexibility index (Phi) is 4.74. The zero-order chi connectivity index (χ0) is 23.5. The van der Waals surface area contributed by atoms with Crippen molar-refractivity contribution in [2.24, 2.45) is 0 Å². The van der Waals surface area contributed by atoms with Crippen LogP contribution in [0.2, 0.25) is 0 Å². The highest BCUT2D eigenvalue weighted by atomic mass is 16.7. The lowest BCUT2D eigenvalue weighted by Gasteiger charge is -2.32. The Labute approximate surface area is 201 Å². The summed E-state index contributed by atoms with van der Waals surface area (Å²) in [6.45, 7) is 8.38. The molecular weight excluding hydrogens is 417 g/mol. The second-order valence-corrected chi connectivity index (χ2v) is 10.1. The molecule has 3 nitrogen and oxygen atoms in total. The highest BCUT2D eigenvalue weighted by Gasteiger charge is 2.51. The maximum Gasteiger partial charge on any atom is 0.494 e. The first-order chi connectivity index (χ1) is 16.3. The molecule has 0 N–H and O–H groups in total. The van der Waals surface area contributed by atoms with E-state index in [1.54, 1.807) is 0 Å². The third kappa shape index (κ3) is 3.29. The molecule has 4 aromatic carbocycles. The van der Waals surface area contributed by atoms with Crippen molar-refractivity contribution >= 4 is 34.4 Å². The van der Waals surface area contributed by atoms with Crippen LogP contribution in [-0.2, 0) is 9.31 Å². The summed E-state index contributed by atoms with van der Waals surface area (Å²) < 4.78 is 15.1. The van der Waals surface area contributed by atoms with Crippen LogP contribution in [0.15, 0.2) is 97.1 Å². The van der Waals surface area contributed by atoms with E-state index in [2.05, 4.69) is 129 Å². The van der Waals surface area contributed by atoms with Gasteiger partial charge in [-0.1, -0.05) is 66.7 Å². The molecule has 1 aliphatic heterocycles. The smallest absolute Gasteiger partial charge is 0.399 e. The summed E-state index contributed by atoms with van der Waals surface area (Å²) in [5.41, 5.74) is 6.24. The van der Waals surface area contributed by atoms with Crippen LogP contribution in [0.5, 0.6) is 0 Å². The van der Waals surface area contributed by atoms with Gasteiger partial charge in [-0.15, -0.1) is 0 Å². The lowest BCUT2D eigenvalue weighted by atomic mass is 9.78. The van der Waals surface area contributed by atoms with Crippen molar-refractivity contribution in [2.45, 2.75) is 38.9 Å². The SMILES string of the molecule is CC1(C)OB(c2ccc3c(c2)c2cc(-c4ccccc4)ccc2n3-c2ccccc2)OC1(C)C. The van der Waals surface area contributed by atoms with Crippen molar-refractivity contribution in [3.63, 3.8) is 0 Å². The minimum atomic E-state index is -0.387. The molecule has 0 unspecified atom stereocenters. The van der Waals surface area contributed by atoms with Crippen LogP contribution >= 0.6 is 0 Å². The lowest BCUT2D eigenvalue weighted by Crippen LogP contribution is -2.41. The Balaban J connectivity index is 1.58. The number of aromatic nitrogens is 1. The van der Waals surface area contributed by atoms with Crippen molar-refractivity contribution in [1.29, 1.82) is 0 Å². The fourth-order valence-electron chi connectivity index (χ4n) is 4.83. The highest BCUT2D eigenvalue weighted by molar-refractivity contribution is 6.62. The second kappa shape index (κ2) is 7.59. The van der Waals surface area contributed by atoms with Gasteiger partial charge in [0.1, 0.15) is 0 Å². The topological polar surface area (TPSA) is 23.4 Å². The number of nitrogens with zero attached hydrogens (tertiary/aromatic N) is 1. The summed E-state index contributed by atoms with van der Waals surface area (Å²) in [4.78, 5) is 0. The van der Waals surface area contributed by atoms with E-state index >= 15 is 0 Å². The van der Waals surface area contributed by atoms with Gasteiger partial charge in [0.25, 0.3) is 0 Å². The first kappa shape index (κ1) is 21.2. The van der Waals surface area contributed by atoms with Gasteiger partial charge >= 0.3 is 7.12 Å². The molecule has 1 aromatic heterocycles. The van der Waals surface area contributed by atoms with Crippen LogP contribution in [0.3, 0.4) is 0 Å². The number of benzene rings is 4. The fourth-order valence-corrected chi connectivity index (χ4v) is 4.83. The first-order valence-electron chi connectivity index (χ1n) is 11.9. The van der Waals surface area contributed by atoms with Gasteiger partial charge in [0.15, 0.2) is 0 Å². The predicted octanol–water partition coefficient (Wildman–Crippen LogP) is 6.75. The molecule has 34 heavy (non-hydrogen) atoms. The highest BCUT2D eigenvalue weighted by Crippen LogP contribution is 2.38. The third-order valence-electron chi connectivity index (χ3n) is 7.44. The Morgan fingerprint density at radius 1 is 0.588 bits per heavy atom. The normalized spacial score (nSPS) is 17.0. The first-order valence-corrected chi connectivity index (χ1v) is 11.9. The molecule has 0 spiro atoms. The minimum absolute atomic E-state index is 0.370. The molecule has 2 heterocycles. The van der Waals surface area contributed by atoms with E-state index in [-0.39, 0.29) is 18.3 Å². The summed E-state index contributed by atoms with van der Waals surface area (Å²) in [6.07, 6.45) is 0. The molecule has 1 aliphatic rings. The van der Waals surface area contributed by atoms with E-state index in [4.69, 9.17) is 9.31 Å². The molecule has 0 radical (unpaired) electrons. The summed E-state index contributed by atoms with van der Waals surface area (Å²) in [5, 5.41) is 2.42. The van der Waals surface area contributed by atoms with E-state index < -0.39 is 0 Å². The van der Waals surface area contributed by atoms with Gasteiger partial charge in [0, 0.05) is 16.5 Å². The van der Waals surface area contributed by atoms with Crippen molar-refractivity contribution in [1.82, 2.24) is 4.57 Å². The number of para-hydroxylation sites is 1. The number of fused-ring (bicyclic) bond motifs is 3. The molecule has 0 aliphatic carbocycles. The summed E-state index contributed by atoms with van der Waals surface area (Å²) in [6, 6.07) is 34.4. The molecule has 168 valence electrons. The van der Waals surface area contributed by atoms with Gasteiger partial charge in [0.2, 0.25) is 0 Å². The maximum atomic E-state index is 6.37. The van der Waals surface area contributed by atoms with Gasteiger partial charge in [-0.25, -0.2) is 0 Å². The van der Waals surface area contributed by atoms with Crippen LogP contribution in [-0.4, -0.2) is 22.9 Å². The number of hydrogen-bond acceptors (Lipinski definition) is 2. The summed E-state index contributed by atoms with van der Waals surface area (Å²) in [5.74, 6) is 0. The number of hydrogen-bond donors (Lipinski definition) is 0. The van der Waals surface area contributed by atoms with Crippen molar-refractivity contribution < 1.29 is 9.31 Å². The average molecular weight is 445 g/mol. The van der Waals surface area contributed by atoms with E-state index in [9.17, 15) is 0 Å². The van der Waals surface area contributed by atoms with E-state index in [1.165, 1.54) is 32.9 Å². The molecule has 1 fully saturated rings. The Morgan fingerprint density at radius 2 is 1.15 bits per heavy atom. The molecule has 1 saturated heterocycles. The van der Waals surface area contributed by atoms with Gasteiger partial charge in [-0.3, -0.25) is 0 Å². The van der Waals surface area contributed by atoms with Gasteiger partial charge in [-0.2, -0.15) is 0 Å². The summed E-state index contributed by atoms with van der Waals surface area (Å²) >= 11 is 0. The zero-order valence-corrected chi connectivity index (χ0v) is 20.1. The zero-order valence-electron chi connectivity index (χ0n) is 20.1. The van der Waals surface area contributed by atoms with Crippen molar-refractivity contribution in [3.8, 4) is 16.8 Å². The van der Waals surface area contributed by atoms with Crippen LogP contribution in [0.25, 0.3) is 38.6 Å². The molecule has 0 saturated carbocycles. The second-order valence-electron chi connectivity index (χ2n) is 10.1. The Morgan fingerprint density at radius 3 is 1.79 bits per heavy atom. The van der Waals surface area contributed by atoms with Crippen molar-refractivity contribution in [2.75, 3.05) is 0 Å². The molecule has 0 amide bonds. The van der Waals surface area contributed by atoms with E-state index in [0.29, 0.717) is 0 Å². The van der Waals surface area contributed by atoms with Crippen LogP contribution in [0.1, 0.15) is 27.7 Å². The Bertz CT molecular complexity index is 1490. The monoisotopic (exact) mass is 445 g/mol. The molecule has 0 bridgehead atoms. The average Bonchev–Trinajstić information content (AvgIpc) is 3.28. The van der Waals surface area contributed by atoms with Crippen molar-refractivity contribution in [3.05, 3.63) is 97.1 Å². The maximum absolute atomic E-state index is 6.37. The predicted molar refractivity (Wildman–Crippen MR) is 142 cm³/mol. The lowest BCUT2D eigenvalue weighted by molar-refractivity contribution is 0.00578. The fraction of sp³-hybridized carbons (Fsp3) is 0.200. The minimum Gasteiger partial charge on any atom is -0.399 e. The largest absolute Gasteiger partial charge is 0.494 e. The molecule has 0 atom stereocenters. The summed E-state index contributed by atoms with van der Waals surface area (Å²) in [7, 11) is -0.387.